The second kappa shape index (κ2) is 6.99. The van der Waals surface area contributed by atoms with Gasteiger partial charge in [0.15, 0.2) is 0 Å². The summed E-state index contributed by atoms with van der Waals surface area (Å²) in [6.07, 6.45) is 1.04. The first kappa shape index (κ1) is 16.8. The van der Waals surface area contributed by atoms with Crippen molar-refractivity contribution in [2.75, 3.05) is 6.54 Å². The van der Waals surface area contributed by atoms with E-state index in [0.29, 0.717) is 10.0 Å². The molecule has 1 unspecified atom stereocenters. The van der Waals surface area contributed by atoms with Gasteiger partial charge in [0.05, 0.1) is 0 Å². The fourth-order valence-electron chi connectivity index (χ4n) is 1.54. The normalized spacial score (nSPS) is 12.9. The highest BCUT2D eigenvalue weighted by atomic mass is 79.9. The Morgan fingerprint density at radius 2 is 2.25 bits per heavy atom. The number of alkyl carbamates (subject to hydrolysis) is 1. The second-order valence-corrected chi connectivity index (χ2v) is 6.30. The van der Waals surface area contributed by atoms with Crippen molar-refractivity contribution in [3.05, 3.63) is 28.2 Å². The van der Waals surface area contributed by atoms with Crippen LogP contribution in [0.1, 0.15) is 26.3 Å². The average molecular weight is 348 g/mol. The molecule has 0 aliphatic carbocycles. The van der Waals surface area contributed by atoms with E-state index in [2.05, 4.69) is 26.2 Å². The molecule has 7 heteroatoms. The Balaban J connectivity index is 2.68. The molecule has 0 aliphatic heterocycles. The lowest BCUT2D eigenvalue weighted by Gasteiger charge is -2.23. The summed E-state index contributed by atoms with van der Waals surface area (Å²) in [5, 5.41) is 2.62. The number of halogens is 2. The smallest absolute Gasteiger partial charge is 0.407 e. The molecular formula is C13H19BrFN3O2. The second-order valence-electron chi connectivity index (χ2n) is 5.39. The molecule has 1 aromatic heterocycles. The number of ether oxygens (including phenoxy) is 1. The Morgan fingerprint density at radius 3 is 2.80 bits per heavy atom. The van der Waals surface area contributed by atoms with Crippen LogP contribution in [-0.2, 0) is 11.2 Å². The van der Waals surface area contributed by atoms with Crippen molar-refractivity contribution >= 4 is 22.0 Å². The van der Waals surface area contributed by atoms with Crippen molar-refractivity contribution in [2.24, 2.45) is 5.73 Å². The van der Waals surface area contributed by atoms with Gasteiger partial charge in [-0.25, -0.2) is 9.78 Å². The molecule has 1 atom stereocenters. The van der Waals surface area contributed by atoms with E-state index in [1.54, 1.807) is 26.8 Å². The van der Waals surface area contributed by atoms with E-state index >= 15 is 0 Å². The molecule has 1 rings (SSSR count). The Labute approximate surface area is 126 Å². The highest BCUT2D eigenvalue weighted by Crippen LogP contribution is 2.15. The van der Waals surface area contributed by atoms with Crippen LogP contribution in [0.3, 0.4) is 0 Å². The molecule has 3 N–H and O–H groups in total. The highest BCUT2D eigenvalue weighted by molar-refractivity contribution is 9.10. The zero-order valence-electron chi connectivity index (χ0n) is 11.7. The van der Waals surface area contributed by atoms with Crippen molar-refractivity contribution in [3.8, 4) is 0 Å². The third kappa shape index (κ3) is 5.83. The van der Waals surface area contributed by atoms with Crippen LogP contribution in [0.25, 0.3) is 0 Å². The van der Waals surface area contributed by atoms with Gasteiger partial charge in [0.2, 0.25) is 5.95 Å². The Bertz CT molecular complexity index is 477. The van der Waals surface area contributed by atoms with Gasteiger partial charge < -0.3 is 15.8 Å². The van der Waals surface area contributed by atoms with Gasteiger partial charge in [-0.05, 0) is 49.2 Å². The number of carbonyl (C=O) groups is 1. The standard InChI is InChI=1S/C13H19BrFN3O2/c1-13(2,3)20-12(19)18-10(6-16)5-8-4-9(14)7-17-11(8)15/h4,7,10H,5-6,16H2,1-3H3,(H,18,19). The maximum atomic E-state index is 13.6. The number of nitrogens with zero attached hydrogens (tertiary/aromatic N) is 1. The zero-order chi connectivity index (χ0) is 15.3. The van der Waals surface area contributed by atoms with Gasteiger partial charge in [0.1, 0.15) is 5.60 Å². The number of aromatic nitrogens is 1. The van der Waals surface area contributed by atoms with Crippen LogP contribution in [0.15, 0.2) is 16.7 Å². The van der Waals surface area contributed by atoms with Crippen molar-refractivity contribution in [1.82, 2.24) is 10.3 Å². The quantitative estimate of drug-likeness (QED) is 0.819. The monoisotopic (exact) mass is 347 g/mol. The number of hydrogen-bond acceptors (Lipinski definition) is 4. The van der Waals surface area contributed by atoms with E-state index in [1.807, 2.05) is 0 Å². The molecule has 0 spiro atoms. The minimum absolute atomic E-state index is 0.172. The van der Waals surface area contributed by atoms with Crippen LogP contribution >= 0.6 is 15.9 Å². The van der Waals surface area contributed by atoms with Crippen molar-refractivity contribution < 1.29 is 13.9 Å². The summed E-state index contributed by atoms with van der Waals surface area (Å²) >= 11 is 3.23. The Hall–Kier alpha value is -1.21. The van der Waals surface area contributed by atoms with Crippen LogP contribution in [0.2, 0.25) is 0 Å². The number of carbonyl (C=O) groups excluding carboxylic acids is 1. The van der Waals surface area contributed by atoms with Crippen molar-refractivity contribution in [1.29, 1.82) is 0 Å². The largest absolute Gasteiger partial charge is 0.444 e. The van der Waals surface area contributed by atoms with Gasteiger partial charge in [-0.1, -0.05) is 0 Å². The Morgan fingerprint density at radius 1 is 1.60 bits per heavy atom. The van der Waals surface area contributed by atoms with E-state index in [9.17, 15) is 9.18 Å². The first-order valence-corrected chi connectivity index (χ1v) is 7.00. The number of rotatable bonds is 4. The fourth-order valence-corrected chi connectivity index (χ4v) is 1.92. The number of amides is 1. The average Bonchev–Trinajstić information content (AvgIpc) is 2.30. The summed E-state index contributed by atoms with van der Waals surface area (Å²) in [7, 11) is 0. The topological polar surface area (TPSA) is 77.2 Å². The minimum Gasteiger partial charge on any atom is -0.444 e. The van der Waals surface area contributed by atoms with Crippen LogP contribution in [0.4, 0.5) is 9.18 Å². The van der Waals surface area contributed by atoms with Gasteiger partial charge in [-0.15, -0.1) is 0 Å². The van der Waals surface area contributed by atoms with Gasteiger partial charge >= 0.3 is 6.09 Å². The third-order valence-corrected chi connectivity index (χ3v) is 2.78. The highest BCUT2D eigenvalue weighted by Gasteiger charge is 2.20. The third-order valence-electron chi connectivity index (χ3n) is 2.35. The van der Waals surface area contributed by atoms with Gasteiger partial charge in [0, 0.05) is 28.8 Å². The molecule has 1 amide bonds. The summed E-state index contributed by atoms with van der Waals surface area (Å²) in [6.45, 7) is 5.47. The molecule has 20 heavy (non-hydrogen) atoms. The van der Waals surface area contributed by atoms with E-state index in [1.165, 1.54) is 6.20 Å². The molecule has 0 aromatic carbocycles. The fraction of sp³-hybridized carbons (Fsp3) is 0.538. The Kier molecular flexibility index (Phi) is 5.88. The molecule has 5 nitrogen and oxygen atoms in total. The van der Waals surface area contributed by atoms with Crippen molar-refractivity contribution in [2.45, 2.75) is 38.8 Å². The summed E-state index contributed by atoms with van der Waals surface area (Å²) in [5.74, 6) is -0.572. The molecule has 0 fully saturated rings. The molecule has 1 aromatic rings. The van der Waals surface area contributed by atoms with E-state index in [-0.39, 0.29) is 13.0 Å². The SMILES string of the molecule is CC(C)(C)OC(=O)NC(CN)Cc1cc(Br)cnc1F. The lowest BCUT2D eigenvalue weighted by molar-refractivity contribution is 0.0505. The maximum absolute atomic E-state index is 13.6. The molecule has 1 heterocycles. The lowest BCUT2D eigenvalue weighted by atomic mass is 10.1. The molecule has 0 radical (unpaired) electrons. The summed E-state index contributed by atoms with van der Waals surface area (Å²) < 4.78 is 19.4. The lowest BCUT2D eigenvalue weighted by Crippen LogP contribution is -2.44. The number of nitrogens with one attached hydrogen (secondary N) is 1. The summed E-state index contributed by atoms with van der Waals surface area (Å²) in [6, 6.07) is 1.19. The predicted molar refractivity (Wildman–Crippen MR) is 77.8 cm³/mol. The number of hydrogen-bond donors (Lipinski definition) is 2. The summed E-state index contributed by atoms with van der Waals surface area (Å²) in [4.78, 5) is 15.3. The van der Waals surface area contributed by atoms with Gasteiger partial charge in [-0.3, -0.25) is 0 Å². The zero-order valence-corrected chi connectivity index (χ0v) is 13.3. The van der Waals surface area contributed by atoms with E-state index in [0.717, 1.165) is 0 Å². The molecule has 0 bridgehead atoms. The molecular weight excluding hydrogens is 329 g/mol. The number of nitrogens with two attached hydrogens (primary N) is 1. The molecule has 0 saturated heterocycles. The van der Waals surface area contributed by atoms with Gasteiger partial charge in [-0.2, -0.15) is 4.39 Å². The van der Waals surface area contributed by atoms with Crippen LogP contribution < -0.4 is 11.1 Å². The van der Waals surface area contributed by atoms with E-state index in [4.69, 9.17) is 10.5 Å². The first-order chi connectivity index (χ1) is 9.21. The maximum Gasteiger partial charge on any atom is 0.407 e. The predicted octanol–water partition coefficient (Wildman–Crippen LogP) is 2.38. The first-order valence-electron chi connectivity index (χ1n) is 6.21. The minimum atomic E-state index is -0.591. The molecule has 0 aliphatic rings. The number of pyridine rings is 1. The van der Waals surface area contributed by atoms with Crippen LogP contribution in [-0.4, -0.2) is 29.3 Å². The molecule has 112 valence electrons. The molecule has 0 saturated carbocycles. The van der Waals surface area contributed by atoms with E-state index < -0.39 is 23.7 Å². The van der Waals surface area contributed by atoms with Crippen LogP contribution in [0.5, 0.6) is 0 Å². The van der Waals surface area contributed by atoms with Crippen LogP contribution in [0, 0.1) is 5.95 Å². The van der Waals surface area contributed by atoms with Gasteiger partial charge in [0.25, 0.3) is 0 Å². The summed E-state index contributed by atoms with van der Waals surface area (Å²) in [5.41, 5.74) is 5.38. The van der Waals surface area contributed by atoms with Crippen molar-refractivity contribution in [3.63, 3.8) is 0 Å².